The van der Waals surface area contributed by atoms with Crippen LogP contribution in [-0.2, 0) is 9.53 Å². The Morgan fingerprint density at radius 2 is 1.89 bits per heavy atom. The van der Waals surface area contributed by atoms with Gasteiger partial charge in [-0.2, -0.15) is 0 Å². The van der Waals surface area contributed by atoms with E-state index in [-0.39, 0.29) is 12.4 Å². The molecule has 1 rings (SSSR count). The molecule has 0 unspecified atom stereocenters. The van der Waals surface area contributed by atoms with Gasteiger partial charge in [-0.15, -0.1) is 0 Å². The van der Waals surface area contributed by atoms with Crippen LogP contribution < -0.4 is 4.74 Å². The van der Waals surface area contributed by atoms with Gasteiger partial charge in [0.1, 0.15) is 11.5 Å². The fourth-order valence-electron chi connectivity index (χ4n) is 1.23. The number of ketones is 1. The van der Waals surface area contributed by atoms with Crippen LogP contribution in [0.1, 0.15) is 26.2 Å². The largest absolute Gasteiger partial charge is 0.513 e. The van der Waals surface area contributed by atoms with Gasteiger partial charge in [0.05, 0.1) is 6.61 Å². The van der Waals surface area contributed by atoms with Gasteiger partial charge in [-0.25, -0.2) is 4.79 Å². The number of rotatable bonds is 6. The van der Waals surface area contributed by atoms with Crippen LogP contribution in [0.15, 0.2) is 24.3 Å². The third-order valence-corrected chi connectivity index (χ3v) is 2.48. The Morgan fingerprint density at radius 3 is 2.50 bits per heavy atom. The van der Waals surface area contributed by atoms with E-state index in [1.54, 1.807) is 31.2 Å². The fourth-order valence-corrected chi connectivity index (χ4v) is 1.36. The normalized spacial score (nSPS) is 9.89. The molecule has 0 aliphatic heterocycles. The summed E-state index contributed by atoms with van der Waals surface area (Å²) in [4.78, 5) is 22.2. The van der Waals surface area contributed by atoms with Crippen molar-refractivity contribution in [3.05, 3.63) is 29.3 Å². The summed E-state index contributed by atoms with van der Waals surface area (Å²) in [5.74, 6) is 0.527. The lowest BCUT2D eigenvalue weighted by Crippen LogP contribution is -2.12. The maximum atomic E-state index is 11.2. The Hall–Kier alpha value is -1.55. The first-order valence-corrected chi connectivity index (χ1v) is 6.11. The van der Waals surface area contributed by atoms with Crippen LogP contribution in [0.2, 0.25) is 5.02 Å². The van der Waals surface area contributed by atoms with E-state index in [4.69, 9.17) is 21.1 Å². The molecule has 1 aromatic carbocycles. The molecule has 0 saturated heterocycles. The van der Waals surface area contributed by atoms with Gasteiger partial charge in [-0.05, 0) is 30.7 Å². The predicted molar refractivity (Wildman–Crippen MR) is 68.0 cm³/mol. The second-order valence-electron chi connectivity index (χ2n) is 3.65. The van der Waals surface area contributed by atoms with Crippen LogP contribution in [0.5, 0.6) is 5.75 Å². The SMILES string of the molecule is CCC(=O)CCCOC(=O)Oc1ccc(Cl)cc1. The maximum absolute atomic E-state index is 11.2. The summed E-state index contributed by atoms with van der Waals surface area (Å²) in [6, 6.07) is 6.38. The Balaban J connectivity index is 2.21. The van der Waals surface area contributed by atoms with E-state index in [9.17, 15) is 9.59 Å². The Kier molecular flexibility index (Phi) is 6.22. The van der Waals surface area contributed by atoms with Gasteiger partial charge < -0.3 is 9.47 Å². The van der Waals surface area contributed by atoms with Gasteiger partial charge >= 0.3 is 6.16 Å². The molecular weight excluding hydrogens is 256 g/mol. The number of hydrogen-bond acceptors (Lipinski definition) is 4. The van der Waals surface area contributed by atoms with Gasteiger partial charge in [-0.1, -0.05) is 18.5 Å². The van der Waals surface area contributed by atoms with Crippen molar-refractivity contribution in [2.45, 2.75) is 26.2 Å². The van der Waals surface area contributed by atoms with Crippen LogP contribution in [0.25, 0.3) is 0 Å². The molecule has 0 saturated carbocycles. The predicted octanol–water partition coefficient (Wildman–Crippen LogP) is 3.61. The standard InChI is InChI=1S/C13H15ClO4/c1-2-11(15)4-3-9-17-13(16)18-12-7-5-10(14)6-8-12/h5-8H,2-4,9H2,1H3. The van der Waals surface area contributed by atoms with Gasteiger partial charge in [0.15, 0.2) is 0 Å². The summed E-state index contributed by atoms with van der Waals surface area (Å²) in [6.07, 6.45) is 0.670. The van der Waals surface area contributed by atoms with Crippen molar-refractivity contribution in [3.8, 4) is 5.75 Å². The Labute approximate surface area is 111 Å². The third kappa shape index (κ3) is 5.68. The zero-order valence-corrected chi connectivity index (χ0v) is 10.9. The first kappa shape index (κ1) is 14.5. The molecule has 0 amide bonds. The molecule has 0 aliphatic carbocycles. The molecule has 98 valence electrons. The van der Waals surface area contributed by atoms with Crippen molar-refractivity contribution < 1.29 is 19.1 Å². The minimum absolute atomic E-state index is 0.157. The molecule has 0 spiro atoms. The molecule has 0 aliphatic rings. The summed E-state index contributed by atoms with van der Waals surface area (Å²) >= 11 is 5.69. The molecule has 0 N–H and O–H groups in total. The second kappa shape index (κ2) is 7.71. The van der Waals surface area contributed by atoms with E-state index >= 15 is 0 Å². The Bertz CT molecular complexity index is 400. The number of ether oxygens (including phenoxy) is 2. The lowest BCUT2D eigenvalue weighted by atomic mass is 10.2. The monoisotopic (exact) mass is 270 g/mol. The van der Waals surface area contributed by atoms with Gasteiger partial charge in [0.25, 0.3) is 0 Å². The summed E-state index contributed by atoms with van der Waals surface area (Å²) in [5, 5.41) is 0.564. The maximum Gasteiger partial charge on any atom is 0.513 e. The molecule has 4 nitrogen and oxygen atoms in total. The minimum Gasteiger partial charge on any atom is -0.434 e. The van der Waals surface area contributed by atoms with Crippen molar-refractivity contribution in [1.29, 1.82) is 0 Å². The second-order valence-corrected chi connectivity index (χ2v) is 4.09. The van der Waals surface area contributed by atoms with Crippen LogP contribution in [0, 0.1) is 0 Å². The molecule has 0 atom stereocenters. The van der Waals surface area contributed by atoms with Crippen molar-refractivity contribution in [2.24, 2.45) is 0 Å². The van der Waals surface area contributed by atoms with E-state index < -0.39 is 6.16 Å². The molecule has 0 aromatic heterocycles. The van der Waals surface area contributed by atoms with Gasteiger partial charge in [0, 0.05) is 17.9 Å². The number of carbonyl (C=O) groups excluding carboxylic acids is 2. The number of hydrogen-bond donors (Lipinski definition) is 0. The van der Waals surface area contributed by atoms with Crippen molar-refractivity contribution in [2.75, 3.05) is 6.61 Å². The van der Waals surface area contributed by atoms with Crippen LogP contribution in [-0.4, -0.2) is 18.5 Å². The average molecular weight is 271 g/mol. The smallest absolute Gasteiger partial charge is 0.434 e. The van der Waals surface area contributed by atoms with E-state index in [0.29, 0.717) is 30.0 Å². The van der Waals surface area contributed by atoms with Crippen molar-refractivity contribution in [3.63, 3.8) is 0 Å². The zero-order valence-electron chi connectivity index (χ0n) is 10.1. The molecule has 0 heterocycles. The van der Waals surface area contributed by atoms with Crippen LogP contribution in [0.3, 0.4) is 0 Å². The number of halogens is 1. The lowest BCUT2D eigenvalue weighted by Gasteiger charge is -2.05. The molecular formula is C13H15ClO4. The fraction of sp³-hybridized carbons (Fsp3) is 0.385. The van der Waals surface area contributed by atoms with Gasteiger partial charge in [0.2, 0.25) is 0 Å². The third-order valence-electron chi connectivity index (χ3n) is 2.23. The number of carbonyl (C=O) groups is 2. The quantitative estimate of drug-likeness (QED) is 0.450. The average Bonchev–Trinajstić information content (AvgIpc) is 2.37. The molecule has 5 heteroatoms. The summed E-state index contributed by atoms with van der Waals surface area (Å²) < 4.78 is 9.72. The number of benzene rings is 1. The molecule has 18 heavy (non-hydrogen) atoms. The summed E-state index contributed by atoms with van der Waals surface area (Å²) in [5.41, 5.74) is 0. The van der Waals surface area contributed by atoms with Crippen LogP contribution in [0.4, 0.5) is 4.79 Å². The highest BCUT2D eigenvalue weighted by Crippen LogP contribution is 2.15. The van der Waals surface area contributed by atoms with Crippen LogP contribution >= 0.6 is 11.6 Å². The highest BCUT2D eigenvalue weighted by Gasteiger charge is 2.06. The van der Waals surface area contributed by atoms with E-state index in [2.05, 4.69) is 0 Å². The molecule has 1 aromatic rings. The molecule has 0 bridgehead atoms. The number of Topliss-reactive ketones (excluding diaryl/α,β-unsaturated/α-hetero) is 1. The summed E-state index contributed by atoms with van der Waals surface area (Å²) in [7, 11) is 0. The highest BCUT2D eigenvalue weighted by molar-refractivity contribution is 6.30. The van der Waals surface area contributed by atoms with Crippen molar-refractivity contribution in [1.82, 2.24) is 0 Å². The summed E-state index contributed by atoms with van der Waals surface area (Å²) in [6.45, 7) is 1.98. The Morgan fingerprint density at radius 1 is 1.22 bits per heavy atom. The lowest BCUT2D eigenvalue weighted by molar-refractivity contribution is -0.119. The van der Waals surface area contributed by atoms with Crippen molar-refractivity contribution >= 4 is 23.5 Å². The molecule has 0 radical (unpaired) electrons. The zero-order chi connectivity index (χ0) is 13.4. The topological polar surface area (TPSA) is 52.6 Å². The first-order chi connectivity index (χ1) is 8.61. The van der Waals surface area contributed by atoms with E-state index in [1.807, 2.05) is 0 Å². The van der Waals surface area contributed by atoms with Gasteiger partial charge in [-0.3, -0.25) is 4.79 Å². The van der Waals surface area contributed by atoms with E-state index in [1.165, 1.54) is 0 Å². The van der Waals surface area contributed by atoms with E-state index in [0.717, 1.165) is 0 Å². The molecule has 0 fully saturated rings. The minimum atomic E-state index is -0.777. The highest BCUT2D eigenvalue weighted by atomic mass is 35.5. The first-order valence-electron chi connectivity index (χ1n) is 5.73.